The van der Waals surface area contributed by atoms with E-state index in [2.05, 4.69) is 24.3 Å². The lowest BCUT2D eigenvalue weighted by atomic mass is 10.0. The molecule has 0 radical (unpaired) electrons. The summed E-state index contributed by atoms with van der Waals surface area (Å²) in [5.74, 6) is 0.285. The second kappa shape index (κ2) is 5.51. The number of benzene rings is 2. The summed E-state index contributed by atoms with van der Waals surface area (Å²) in [5.41, 5.74) is 3.47. The first-order valence-electron chi connectivity index (χ1n) is 5.79. The van der Waals surface area contributed by atoms with Gasteiger partial charge in [-0.05, 0) is 41.7 Å². The molecule has 0 aliphatic heterocycles. The molecule has 0 aliphatic carbocycles. The van der Waals surface area contributed by atoms with Gasteiger partial charge >= 0.3 is 0 Å². The van der Waals surface area contributed by atoms with E-state index in [0.29, 0.717) is 0 Å². The minimum atomic E-state index is 0.236. The predicted octanol–water partition coefficient (Wildman–Crippen LogP) is 2.98. The summed E-state index contributed by atoms with van der Waals surface area (Å²) >= 11 is 0. The van der Waals surface area contributed by atoms with Gasteiger partial charge in [-0.2, -0.15) is 0 Å². The van der Waals surface area contributed by atoms with Crippen molar-refractivity contribution in [1.29, 1.82) is 0 Å². The molecule has 2 aromatic rings. The zero-order chi connectivity index (χ0) is 12.1. The van der Waals surface area contributed by atoms with Crippen LogP contribution in [0.4, 0.5) is 0 Å². The van der Waals surface area contributed by atoms with Gasteiger partial charge in [0.1, 0.15) is 5.75 Å². The number of aliphatic hydroxyl groups excluding tert-OH is 1. The Morgan fingerprint density at radius 1 is 0.765 bits per heavy atom. The smallest absolute Gasteiger partial charge is 0.115 e. The molecule has 0 aliphatic rings. The lowest BCUT2D eigenvalue weighted by molar-refractivity contribution is 0.288. The number of aliphatic hydroxyl groups is 1. The molecule has 2 N–H and O–H groups in total. The van der Waals surface area contributed by atoms with Gasteiger partial charge in [0.05, 0.1) is 0 Å². The normalized spacial score (nSPS) is 10.4. The monoisotopic (exact) mass is 228 g/mol. The number of aromatic hydroxyl groups is 1. The Kier molecular flexibility index (Phi) is 3.78. The third-order valence-corrected chi connectivity index (χ3v) is 2.78. The van der Waals surface area contributed by atoms with Gasteiger partial charge in [-0.3, -0.25) is 0 Å². The van der Waals surface area contributed by atoms with E-state index < -0.39 is 0 Å². The summed E-state index contributed by atoms with van der Waals surface area (Å²) in [6.07, 6.45) is 1.71. The molecule has 0 unspecified atom stereocenters. The van der Waals surface area contributed by atoms with Crippen molar-refractivity contribution >= 4 is 0 Å². The number of aryl methyl sites for hydroxylation is 1. The molecule has 0 aromatic heterocycles. The van der Waals surface area contributed by atoms with Gasteiger partial charge in [0.2, 0.25) is 0 Å². The SMILES string of the molecule is OCCCc1ccc(-c2ccc(O)cc2)cc1. The molecule has 0 saturated carbocycles. The van der Waals surface area contributed by atoms with Crippen LogP contribution in [0.15, 0.2) is 48.5 Å². The van der Waals surface area contributed by atoms with E-state index in [9.17, 15) is 5.11 Å². The first kappa shape index (κ1) is 11.7. The van der Waals surface area contributed by atoms with Crippen LogP contribution in [0, 0.1) is 0 Å². The van der Waals surface area contributed by atoms with E-state index >= 15 is 0 Å². The van der Waals surface area contributed by atoms with Gasteiger partial charge in [-0.15, -0.1) is 0 Å². The van der Waals surface area contributed by atoms with E-state index in [1.807, 2.05) is 12.1 Å². The Morgan fingerprint density at radius 3 is 1.82 bits per heavy atom. The molecular weight excluding hydrogens is 212 g/mol. The summed E-state index contributed by atoms with van der Waals surface area (Å²) in [6.45, 7) is 0.236. The fraction of sp³-hybridized carbons (Fsp3) is 0.200. The number of phenolic OH excluding ortho intramolecular Hbond substituents is 1. The highest BCUT2D eigenvalue weighted by Gasteiger charge is 1.98. The van der Waals surface area contributed by atoms with Crippen molar-refractivity contribution in [2.75, 3.05) is 6.61 Å². The maximum atomic E-state index is 9.22. The van der Waals surface area contributed by atoms with Crippen molar-refractivity contribution in [3.05, 3.63) is 54.1 Å². The summed E-state index contributed by atoms with van der Waals surface area (Å²) in [6, 6.07) is 15.5. The standard InChI is InChI=1S/C15H16O2/c16-11-1-2-12-3-5-13(6-4-12)14-7-9-15(17)10-8-14/h3-10,16-17H,1-2,11H2. The van der Waals surface area contributed by atoms with Gasteiger partial charge in [0, 0.05) is 6.61 Å². The molecule has 17 heavy (non-hydrogen) atoms. The first-order chi connectivity index (χ1) is 8.29. The van der Waals surface area contributed by atoms with Crippen LogP contribution in [0.3, 0.4) is 0 Å². The minimum Gasteiger partial charge on any atom is -0.508 e. The lowest BCUT2D eigenvalue weighted by Crippen LogP contribution is -1.89. The van der Waals surface area contributed by atoms with Crippen molar-refractivity contribution in [2.24, 2.45) is 0 Å². The van der Waals surface area contributed by atoms with E-state index in [1.54, 1.807) is 12.1 Å². The van der Waals surface area contributed by atoms with Crippen LogP contribution >= 0.6 is 0 Å². The molecule has 0 bridgehead atoms. The Hall–Kier alpha value is -1.80. The predicted molar refractivity (Wildman–Crippen MR) is 68.9 cm³/mol. The Morgan fingerprint density at radius 2 is 1.29 bits per heavy atom. The lowest BCUT2D eigenvalue weighted by Gasteiger charge is -2.04. The van der Waals surface area contributed by atoms with Crippen LogP contribution in [-0.2, 0) is 6.42 Å². The van der Waals surface area contributed by atoms with E-state index in [-0.39, 0.29) is 12.4 Å². The maximum absolute atomic E-state index is 9.22. The molecule has 2 heteroatoms. The number of hydrogen-bond acceptors (Lipinski definition) is 2. The largest absolute Gasteiger partial charge is 0.508 e. The zero-order valence-corrected chi connectivity index (χ0v) is 9.63. The second-order valence-electron chi connectivity index (χ2n) is 4.07. The summed E-state index contributed by atoms with van der Waals surface area (Å²) in [7, 11) is 0. The zero-order valence-electron chi connectivity index (χ0n) is 9.63. The highest BCUT2D eigenvalue weighted by molar-refractivity contribution is 5.64. The van der Waals surface area contributed by atoms with Crippen LogP contribution in [0.1, 0.15) is 12.0 Å². The van der Waals surface area contributed by atoms with Crippen LogP contribution in [-0.4, -0.2) is 16.8 Å². The Balaban J connectivity index is 2.14. The van der Waals surface area contributed by atoms with Gasteiger partial charge in [0.15, 0.2) is 0 Å². The molecule has 2 nitrogen and oxygen atoms in total. The highest BCUT2D eigenvalue weighted by atomic mass is 16.3. The van der Waals surface area contributed by atoms with Crippen molar-refractivity contribution in [3.8, 4) is 16.9 Å². The van der Waals surface area contributed by atoms with E-state index in [4.69, 9.17) is 5.11 Å². The molecule has 88 valence electrons. The van der Waals surface area contributed by atoms with Crippen LogP contribution in [0.2, 0.25) is 0 Å². The van der Waals surface area contributed by atoms with Gasteiger partial charge < -0.3 is 10.2 Å². The third-order valence-electron chi connectivity index (χ3n) is 2.78. The van der Waals surface area contributed by atoms with E-state index in [1.165, 1.54) is 5.56 Å². The first-order valence-corrected chi connectivity index (χ1v) is 5.79. The molecule has 0 fully saturated rings. The van der Waals surface area contributed by atoms with Crippen LogP contribution < -0.4 is 0 Å². The Bertz CT molecular complexity index is 457. The van der Waals surface area contributed by atoms with Crippen molar-refractivity contribution < 1.29 is 10.2 Å². The van der Waals surface area contributed by atoms with Crippen molar-refractivity contribution in [1.82, 2.24) is 0 Å². The number of phenols is 1. The quantitative estimate of drug-likeness (QED) is 0.844. The van der Waals surface area contributed by atoms with Gasteiger partial charge in [0.25, 0.3) is 0 Å². The number of hydrogen-bond donors (Lipinski definition) is 2. The fourth-order valence-electron chi connectivity index (χ4n) is 1.80. The van der Waals surface area contributed by atoms with Crippen molar-refractivity contribution in [3.63, 3.8) is 0 Å². The average Bonchev–Trinajstić information content (AvgIpc) is 2.38. The average molecular weight is 228 g/mol. The second-order valence-corrected chi connectivity index (χ2v) is 4.07. The molecule has 2 aromatic carbocycles. The third kappa shape index (κ3) is 3.08. The van der Waals surface area contributed by atoms with Crippen LogP contribution in [0.25, 0.3) is 11.1 Å². The topological polar surface area (TPSA) is 40.5 Å². The highest BCUT2D eigenvalue weighted by Crippen LogP contribution is 2.22. The minimum absolute atomic E-state index is 0.236. The van der Waals surface area contributed by atoms with Crippen molar-refractivity contribution in [2.45, 2.75) is 12.8 Å². The maximum Gasteiger partial charge on any atom is 0.115 e. The fourth-order valence-corrected chi connectivity index (χ4v) is 1.80. The molecule has 0 atom stereocenters. The molecule has 0 amide bonds. The molecular formula is C15H16O2. The number of rotatable bonds is 4. The Labute approximate surface area is 101 Å². The van der Waals surface area contributed by atoms with Crippen LogP contribution in [0.5, 0.6) is 5.75 Å². The van der Waals surface area contributed by atoms with Gasteiger partial charge in [-0.1, -0.05) is 36.4 Å². The summed E-state index contributed by atoms with van der Waals surface area (Å²) < 4.78 is 0. The van der Waals surface area contributed by atoms with E-state index in [0.717, 1.165) is 24.0 Å². The van der Waals surface area contributed by atoms with Gasteiger partial charge in [-0.25, -0.2) is 0 Å². The summed E-state index contributed by atoms with van der Waals surface area (Å²) in [5, 5.41) is 18.0. The summed E-state index contributed by atoms with van der Waals surface area (Å²) in [4.78, 5) is 0. The molecule has 0 spiro atoms. The molecule has 0 saturated heterocycles. The molecule has 0 heterocycles. The molecule has 2 rings (SSSR count).